The van der Waals surface area contributed by atoms with Gasteiger partial charge >= 0.3 is 0 Å². The van der Waals surface area contributed by atoms with E-state index in [1.54, 1.807) is 13.2 Å². The molecule has 1 aromatic carbocycles. The molecular formula is C13H15N3O. The van der Waals surface area contributed by atoms with Crippen molar-refractivity contribution in [2.75, 3.05) is 19.5 Å². The van der Waals surface area contributed by atoms with Crippen molar-refractivity contribution in [1.29, 1.82) is 0 Å². The Morgan fingerprint density at radius 1 is 1.18 bits per heavy atom. The third kappa shape index (κ3) is 3.01. The summed E-state index contributed by atoms with van der Waals surface area (Å²) < 4.78 is 5.04. The van der Waals surface area contributed by atoms with Crippen LogP contribution in [0.25, 0.3) is 11.3 Å². The van der Waals surface area contributed by atoms with Crippen LogP contribution < -0.4 is 5.73 Å². The number of methoxy groups -OCH3 is 1. The van der Waals surface area contributed by atoms with Gasteiger partial charge in [-0.15, -0.1) is 0 Å². The molecule has 2 rings (SSSR count). The van der Waals surface area contributed by atoms with Crippen molar-refractivity contribution >= 4 is 5.82 Å². The fraction of sp³-hybridized carbons (Fsp3) is 0.231. The van der Waals surface area contributed by atoms with Gasteiger partial charge in [0.05, 0.1) is 12.3 Å². The highest BCUT2D eigenvalue weighted by atomic mass is 16.5. The summed E-state index contributed by atoms with van der Waals surface area (Å²) in [7, 11) is 1.71. The third-order valence-electron chi connectivity index (χ3n) is 2.53. The van der Waals surface area contributed by atoms with Crippen LogP contribution in [-0.2, 0) is 11.2 Å². The minimum absolute atomic E-state index is 0.485. The predicted octanol–water partition coefficient (Wildman–Crippen LogP) is 1.91. The van der Waals surface area contributed by atoms with Crippen molar-refractivity contribution in [3.8, 4) is 11.3 Å². The van der Waals surface area contributed by atoms with Crippen LogP contribution in [-0.4, -0.2) is 23.7 Å². The highest BCUT2D eigenvalue weighted by Crippen LogP contribution is 2.18. The molecule has 0 saturated heterocycles. The molecule has 0 aliphatic carbocycles. The van der Waals surface area contributed by atoms with Crippen molar-refractivity contribution in [2.45, 2.75) is 6.42 Å². The van der Waals surface area contributed by atoms with Crippen LogP contribution in [0.3, 0.4) is 0 Å². The van der Waals surface area contributed by atoms with E-state index in [0.29, 0.717) is 5.82 Å². The second kappa shape index (κ2) is 5.41. The molecule has 17 heavy (non-hydrogen) atoms. The van der Waals surface area contributed by atoms with Gasteiger partial charge in [0.2, 0.25) is 0 Å². The Labute approximate surface area is 100 Å². The standard InChI is InChI=1S/C13H15N3O/c1-17-7-6-10-2-4-11(5-3-10)12-8-13(14)16-9-15-12/h2-5,8-9H,6-7H2,1H3,(H2,14,15,16). The molecule has 0 saturated carbocycles. The summed E-state index contributed by atoms with van der Waals surface area (Å²) in [6.07, 6.45) is 2.40. The van der Waals surface area contributed by atoms with Crippen LogP contribution in [0.2, 0.25) is 0 Å². The first-order valence-corrected chi connectivity index (χ1v) is 5.45. The summed E-state index contributed by atoms with van der Waals surface area (Å²) in [6, 6.07) is 9.99. The van der Waals surface area contributed by atoms with Crippen molar-refractivity contribution < 1.29 is 4.74 Å². The van der Waals surface area contributed by atoms with Gasteiger partial charge in [-0.3, -0.25) is 0 Å². The molecule has 0 unspecified atom stereocenters. The molecule has 0 spiro atoms. The van der Waals surface area contributed by atoms with Gasteiger partial charge in [0, 0.05) is 18.7 Å². The normalized spacial score (nSPS) is 10.4. The van der Waals surface area contributed by atoms with Gasteiger partial charge in [-0.1, -0.05) is 24.3 Å². The molecule has 2 aromatic rings. The Balaban J connectivity index is 2.17. The van der Waals surface area contributed by atoms with Gasteiger partial charge < -0.3 is 10.5 Å². The first kappa shape index (κ1) is 11.5. The monoisotopic (exact) mass is 229 g/mol. The van der Waals surface area contributed by atoms with Crippen molar-refractivity contribution in [2.24, 2.45) is 0 Å². The summed E-state index contributed by atoms with van der Waals surface area (Å²) in [5, 5.41) is 0. The maximum Gasteiger partial charge on any atom is 0.127 e. The average Bonchev–Trinajstić information content (AvgIpc) is 2.37. The van der Waals surface area contributed by atoms with Crippen LogP contribution in [0.5, 0.6) is 0 Å². The number of anilines is 1. The van der Waals surface area contributed by atoms with E-state index in [1.807, 2.05) is 12.1 Å². The second-order valence-electron chi connectivity index (χ2n) is 3.77. The molecule has 88 valence electrons. The summed E-state index contributed by atoms with van der Waals surface area (Å²) in [5.41, 5.74) is 8.76. The summed E-state index contributed by atoms with van der Waals surface area (Å²) in [4.78, 5) is 8.06. The summed E-state index contributed by atoms with van der Waals surface area (Å²) >= 11 is 0. The number of rotatable bonds is 4. The highest BCUT2D eigenvalue weighted by Gasteiger charge is 2.00. The number of nitrogens with two attached hydrogens (primary N) is 1. The van der Waals surface area contributed by atoms with E-state index in [0.717, 1.165) is 24.3 Å². The maximum atomic E-state index is 5.62. The fourth-order valence-electron chi connectivity index (χ4n) is 1.59. The van der Waals surface area contributed by atoms with Crippen LogP contribution in [0, 0.1) is 0 Å². The molecule has 0 aliphatic heterocycles. The number of hydrogen-bond donors (Lipinski definition) is 1. The smallest absolute Gasteiger partial charge is 0.127 e. The fourth-order valence-corrected chi connectivity index (χ4v) is 1.59. The molecule has 0 bridgehead atoms. The van der Waals surface area contributed by atoms with Gasteiger partial charge in [-0.2, -0.15) is 0 Å². The topological polar surface area (TPSA) is 61.0 Å². The van der Waals surface area contributed by atoms with Gasteiger partial charge in [0.1, 0.15) is 12.1 Å². The molecule has 1 heterocycles. The lowest BCUT2D eigenvalue weighted by Gasteiger charge is -2.04. The SMILES string of the molecule is COCCc1ccc(-c2cc(N)ncn2)cc1. The number of nitrogens with zero attached hydrogens (tertiary/aromatic N) is 2. The van der Waals surface area contributed by atoms with E-state index in [2.05, 4.69) is 22.1 Å². The minimum Gasteiger partial charge on any atom is -0.384 e. The number of ether oxygens (including phenoxy) is 1. The lowest BCUT2D eigenvalue weighted by molar-refractivity contribution is 0.202. The molecular weight excluding hydrogens is 214 g/mol. The highest BCUT2D eigenvalue weighted by molar-refractivity contribution is 5.61. The van der Waals surface area contributed by atoms with Gasteiger partial charge in [0.25, 0.3) is 0 Å². The Hall–Kier alpha value is -1.94. The van der Waals surface area contributed by atoms with Gasteiger partial charge in [0.15, 0.2) is 0 Å². The number of aromatic nitrogens is 2. The molecule has 4 heteroatoms. The molecule has 0 radical (unpaired) electrons. The van der Waals surface area contributed by atoms with Crippen LogP contribution in [0.1, 0.15) is 5.56 Å². The predicted molar refractivity (Wildman–Crippen MR) is 67.5 cm³/mol. The minimum atomic E-state index is 0.485. The molecule has 0 aliphatic rings. The number of benzene rings is 1. The lowest BCUT2D eigenvalue weighted by atomic mass is 10.1. The second-order valence-corrected chi connectivity index (χ2v) is 3.77. The van der Waals surface area contributed by atoms with Crippen LogP contribution in [0.15, 0.2) is 36.7 Å². The number of nitrogen functional groups attached to an aromatic ring is 1. The zero-order valence-corrected chi connectivity index (χ0v) is 9.76. The molecule has 0 fully saturated rings. The van der Waals surface area contributed by atoms with Crippen molar-refractivity contribution in [3.63, 3.8) is 0 Å². The third-order valence-corrected chi connectivity index (χ3v) is 2.53. The number of hydrogen-bond acceptors (Lipinski definition) is 4. The lowest BCUT2D eigenvalue weighted by Crippen LogP contribution is -1.95. The van der Waals surface area contributed by atoms with Gasteiger partial charge in [-0.25, -0.2) is 9.97 Å². The van der Waals surface area contributed by atoms with E-state index >= 15 is 0 Å². The van der Waals surface area contributed by atoms with E-state index in [4.69, 9.17) is 10.5 Å². The Morgan fingerprint density at radius 3 is 2.59 bits per heavy atom. The first-order chi connectivity index (χ1) is 8.29. The molecule has 0 amide bonds. The van der Waals surface area contributed by atoms with Crippen LogP contribution in [0.4, 0.5) is 5.82 Å². The van der Waals surface area contributed by atoms with E-state index in [1.165, 1.54) is 11.9 Å². The Kier molecular flexibility index (Phi) is 3.67. The van der Waals surface area contributed by atoms with E-state index < -0.39 is 0 Å². The summed E-state index contributed by atoms with van der Waals surface area (Å²) in [6.45, 7) is 0.736. The zero-order chi connectivity index (χ0) is 12.1. The van der Waals surface area contributed by atoms with Crippen molar-refractivity contribution in [1.82, 2.24) is 9.97 Å². The Bertz CT molecular complexity index is 482. The van der Waals surface area contributed by atoms with Crippen LogP contribution >= 0.6 is 0 Å². The average molecular weight is 229 g/mol. The maximum absolute atomic E-state index is 5.62. The van der Waals surface area contributed by atoms with Gasteiger partial charge in [-0.05, 0) is 12.0 Å². The molecule has 2 N–H and O–H groups in total. The zero-order valence-electron chi connectivity index (χ0n) is 9.76. The van der Waals surface area contributed by atoms with E-state index in [-0.39, 0.29) is 0 Å². The molecule has 0 atom stereocenters. The van der Waals surface area contributed by atoms with Crippen molar-refractivity contribution in [3.05, 3.63) is 42.2 Å². The quantitative estimate of drug-likeness (QED) is 0.870. The Morgan fingerprint density at radius 2 is 1.94 bits per heavy atom. The molecule has 1 aromatic heterocycles. The van der Waals surface area contributed by atoms with E-state index in [9.17, 15) is 0 Å². The summed E-state index contributed by atoms with van der Waals surface area (Å²) in [5.74, 6) is 0.485. The largest absolute Gasteiger partial charge is 0.384 e. The molecule has 4 nitrogen and oxygen atoms in total. The first-order valence-electron chi connectivity index (χ1n) is 5.45.